The molecule has 1 N–H and O–H groups in total. The van der Waals surface area contributed by atoms with Crippen molar-refractivity contribution in [3.63, 3.8) is 0 Å². The summed E-state index contributed by atoms with van der Waals surface area (Å²) in [7, 11) is 0. The van der Waals surface area contributed by atoms with Gasteiger partial charge in [-0.05, 0) is 41.3 Å². The fourth-order valence-electron chi connectivity index (χ4n) is 2.21. The number of halogens is 1. The Kier molecular flexibility index (Phi) is 5.22. The van der Waals surface area contributed by atoms with Crippen LogP contribution in [-0.2, 0) is 11.4 Å². The third-order valence-electron chi connectivity index (χ3n) is 3.27. The largest absolute Gasteiger partial charge is 0.482 e. The number of aliphatic hydroxyl groups is 1. The number of piperidine rings is 1. The molecule has 1 aromatic carbocycles. The molecular formula is C14H18BrNO3. The molecule has 1 aliphatic rings. The summed E-state index contributed by atoms with van der Waals surface area (Å²) in [6.07, 6.45) is 3.34. The van der Waals surface area contributed by atoms with E-state index < -0.39 is 0 Å². The van der Waals surface area contributed by atoms with Crippen molar-refractivity contribution >= 4 is 21.8 Å². The second-order valence-electron chi connectivity index (χ2n) is 4.62. The molecule has 1 heterocycles. The lowest BCUT2D eigenvalue weighted by atomic mass is 10.1. The van der Waals surface area contributed by atoms with E-state index in [0.29, 0.717) is 11.3 Å². The van der Waals surface area contributed by atoms with Gasteiger partial charge in [-0.1, -0.05) is 12.1 Å². The lowest BCUT2D eigenvalue weighted by Gasteiger charge is -2.26. The molecule has 4 nitrogen and oxygen atoms in total. The average molecular weight is 328 g/mol. The number of hydrogen-bond acceptors (Lipinski definition) is 3. The van der Waals surface area contributed by atoms with Crippen LogP contribution < -0.4 is 4.74 Å². The van der Waals surface area contributed by atoms with Gasteiger partial charge >= 0.3 is 0 Å². The summed E-state index contributed by atoms with van der Waals surface area (Å²) in [6, 6.07) is 5.44. The maximum Gasteiger partial charge on any atom is 0.260 e. The van der Waals surface area contributed by atoms with Gasteiger partial charge in [0.15, 0.2) is 6.61 Å². The van der Waals surface area contributed by atoms with E-state index in [0.717, 1.165) is 30.4 Å². The second-order valence-corrected chi connectivity index (χ2v) is 5.47. The van der Waals surface area contributed by atoms with Crippen LogP contribution in [0.2, 0.25) is 0 Å². The molecule has 1 saturated heterocycles. The molecule has 1 aromatic rings. The minimum atomic E-state index is -0.104. The van der Waals surface area contributed by atoms with Crippen molar-refractivity contribution in [1.29, 1.82) is 0 Å². The third-order valence-corrected chi connectivity index (χ3v) is 3.89. The Labute approximate surface area is 121 Å². The number of carbonyl (C=O) groups excluding carboxylic acids is 1. The predicted octanol–water partition coefficient (Wildman–Crippen LogP) is 2.33. The maximum atomic E-state index is 12.0. The van der Waals surface area contributed by atoms with Crippen LogP contribution in [0.5, 0.6) is 5.75 Å². The highest BCUT2D eigenvalue weighted by Gasteiger charge is 2.18. The Morgan fingerprint density at radius 2 is 2.05 bits per heavy atom. The standard InChI is InChI=1S/C14H18BrNO3/c15-12-6-4-5-11(9-17)14(12)19-10-13(18)16-7-2-1-3-8-16/h4-6,17H,1-3,7-10H2. The minimum absolute atomic E-state index is 0.0133. The zero-order valence-electron chi connectivity index (χ0n) is 10.8. The van der Waals surface area contributed by atoms with Gasteiger partial charge in [-0.15, -0.1) is 0 Å². The Bertz CT molecular complexity index is 444. The van der Waals surface area contributed by atoms with Crippen molar-refractivity contribution in [2.75, 3.05) is 19.7 Å². The van der Waals surface area contributed by atoms with Crippen LogP contribution in [0.4, 0.5) is 0 Å². The van der Waals surface area contributed by atoms with Crippen molar-refractivity contribution in [1.82, 2.24) is 4.90 Å². The Morgan fingerprint density at radius 3 is 2.74 bits per heavy atom. The molecule has 0 bridgehead atoms. The number of rotatable bonds is 4. The first kappa shape index (κ1) is 14.3. The lowest BCUT2D eigenvalue weighted by molar-refractivity contribution is -0.134. The molecule has 0 unspecified atom stereocenters. The van der Waals surface area contributed by atoms with Crippen LogP contribution in [0.1, 0.15) is 24.8 Å². The molecule has 0 radical (unpaired) electrons. The highest BCUT2D eigenvalue weighted by Crippen LogP contribution is 2.29. The number of ether oxygens (including phenoxy) is 1. The van der Waals surface area contributed by atoms with Crippen LogP contribution in [-0.4, -0.2) is 35.6 Å². The van der Waals surface area contributed by atoms with E-state index in [1.165, 1.54) is 6.42 Å². The van der Waals surface area contributed by atoms with E-state index >= 15 is 0 Å². The molecule has 1 aliphatic heterocycles. The van der Waals surface area contributed by atoms with Crippen molar-refractivity contribution in [2.45, 2.75) is 25.9 Å². The van der Waals surface area contributed by atoms with Crippen LogP contribution in [0.3, 0.4) is 0 Å². The van der Waals surface area contributed by atoms with Gasteiger partial charge in [0, 0.05) is 18.7 Å². The molecule has 104 valence electrons. The summed E-state index contributed by atoms with van der Waals surface area (Å²) in [5, 5.41) is 9.26. The fraction of sp³-hybridized carbons (Fsp3) is 0.500. The molecule has 1 fully saturated rings. The zero-order chi connectivity index (χ0) is 13.7. The first-order valence-corrected chi connectivity index (χ1v) is 7.30. The summed E-state index contributed by atoms with van der Waals surface area (Å²) in [5.74, 6) is 0.565. The molecule has 1 amide bonds. The first-order chi connectivity index (χ1) is 9.22. The first-order valence-electron chi connectivity index (χ1n) is 6.51. The number of carbonyl (C=O) groups is 1. The fourth-order valence-corrected chi connectivity index (χ4v) is 2.73. The number of amides is 1. The summed E-state index contributed by atoms with van der Waals surface area (Å²) < 4.78 is 6.33. The molecule has 0 aromatic heterocycles. The molecule has 5 heteroatoms. The van der Waals surface area contributed by atoms with E-state index in [1.54, 1.807) is 6.07 Å². The van der Waals surface area contributed by atoms with Gasteiger partial charge in [0.2, 0.25) is 0 Å². The number of hydrogen-bond donors (Lipinski definition) is 1. The van der Waals surface area contributed by atoms with Gasteiger partial charge in [0.25, 0.3) is 5.91 Å². The molecule has 0 saturated carbocycles. The number of benzene rings is 1. The van der Waals surface area contributed by atoms with Gasteiger partial charge in [-0.25, -0.2) is 0 Å². The summed E-state index contributed by atoms with van der Waals surface area (Å²) in [4.78, 5) is 13.9. The maximum absolute atomic E-state index is 12.0. The molecule has 0 aliphatic carbocycles. The number of para-hydroxylation sites is 1. The topological polar surface area (TPSA) is 49.8 Å². The average Bonchev–Trinajstić information content (AvgIpc) is 2.46. The zero-order valence-corrected chi connectivity index (χ0v) is 12.4. The smallest absolute Gasteiger partial charge is 0.260 e. The highest BCUT2D eigenvalue weighted by atomic mass is 79.9. The van der Waals surface area contributed by atoms with Crippen LogP contribution in [0.15, 0.2) is 22.7 Å². The predicted molar refractivity (Wildman–Crippen MR) is 76.0 cm³/mol. The van der Waals surface area contributed by atoms with Gasteiger partial charge in [-0.2, -0.15) is 0 Å². The highest BCUT2D eigenvalue weighted by molar-refractivity contribution is 9.10. The summed E-state index contributed by atoms with van der Waals surface area (Å²) >= 11 is 3.37. The van der Waals surface area contributed by atoms with Crippen molar-refractivity contribution < 1.29 is 14.6 Å². The second kappa shape index (κ2) is 6.91. The Hall–Kier alpha value is -1.07. The molecule has 2 rings (SSSR count). The van der Waals surface area contributed by atoms with Crippen LogP contribution in [0, 0.1) is 0 Å². The van der Waals surface area contributed by atoms with E-state index in [2.05, 4.69) is 15.9 Å². The van der Waals surface area contributed by atoms with Gasteiger partial charge < -0.3 is 14.7 Å². The van der Waals surface area contributed by atoms with Crippen molar-refractivity contribution in [2.24, 2.45) is 0 Å². The monoisotopic (exact) mass is 327 g/mol. The molecular weight excluding hydrogens is 310 g/mol. The van der Waals surface area contributed by atoms with Gasteiger partial charge in [-0.3, -0.25) is 4.79 Å². The van der Waals surface area contributed by atoms with Gasteiger partial charge in [0.1, 0.15) is 5.75 Å². The van der Waals surface area contributed by atoms with Crippen molar-refractivity contribution in [3.05, 3.63) is 28.2 Å². The summed E-state index contributed by atoms with van der Waals surface area (Å²) in [6.45, 7) is 1.57. The quantitative estimate of drug-likeness (QED) is 0.923. The molecule has 0 spiro atoms. The van der Waals surface area contributed by atoms with E-state index in [-0.39, 0.29) is 19.1 Å². The Morgan fingerprint density at radius 1 is 1.32 bits per heavy atom. The van der Waals surface area contributed by atoms with Crippen molar-refractivity contribution in [3.8, 4) is 5.75 Å². The van der Waals surface area contributed by atoms with E-state index in [4.69, 9.17) is 4.74 Å². The number of nitrogens with zero attached hydrogens (tertiary/aromatic N) is 1. The summed E-state index contributed by atoms with van der Waals surface area (Å²) in [5.41, 5.74) is 0.681. The van der Waals surface area contributed by atoms with E-state index in [1.807, 2.05) is 17.0 Å². The SMILES string of the molecule is O=C(COc1c(Br)cccc1CO)N1CCCCC1. The molecule has 0 atom stereocenters. The van der Waals surface area contributed by atoms with Gasteiger partial charge in [0.05, 0.1) is 11.1 Å². The normalized spacial score (nSPS) is 15.4. The third kappa shape index (κ3) is 3.70. The Balaban J connectivity index is 1.96. The van der Waals surface area contributed by atoms with Crippen LogP contribution >= 0.6 is 15.9 Å². The van der Waals surface area contributed by atoms with Crippen LogP contribution in [0.25, 0.3) is 0 Å². The lowest BCUT2D eigenvalue weighted by Crippen LogP contribution is -2.38. The number of likely N-dealkylation sites (tertiary alicyclic amines) is 1. The molecule has 19 heavy (non-hydrogen) atoms. The van der Waals surface area contributed by atoms with E-state index in [9.17, 15) is 9.90 Å². The number of aliphatic hydroxyl groups excluding tert-OH is 1. The minimum Gasteiger partial charge on any atom is -0.482 e.